The van der Waals surface area contributed by atoms with Gasteiger partial charge < -0.3 is 15.0 Å². The second-order valence-electron chi connectivity index (χ2n) is 3.88. The van der Waals surface area contributed by atoms with Crippen molar-refractivity contribution in [3.05, 3.63) is 34.9 Å². The molecule has 2 heterocycles. The van der Waals surface area contributed by atoms with Gasteiger partial charge in [-0.3, -0.25) is 10.1 Å². The summed E-state index contributed by atoms with van der Waals surface area (Å²) in [6.07, 6.45) is 0.793. The van der Waals surface area contributed by atoms with Crippen molar-refractivity contribution >= 4 is 11.9 Å². The molecule has 0 spiro atoms. The molecule has 0 saturated carbocycles. The molecule has 1 aliphatic rings. The molecule has 0 radical (unpaired) electrons. The predicted octanol–water partition coefficient (Wildman–Crippen LogP) is 0.191. The maximum atomic E-state index is 11.4. The Morgan fingerprint density at radius 2 is 2.44 bits per heavy atom. The average Bonchev–Trinajstić information content (AvgIpc) is 2.23. The van der Waals surface area contributed by atoms with Crippen LogP contribution in [0.15, 0.2) is 23.5 Å². The molecular formula is C11H14N4O3. The van der Waals surface area contributed by atoms with Crippen LogP contribution in [0.3, 0.4) is 0 Å². The van der Waals surface area contributed by atoms with Crippen molar-refractivity contribution in [1.82, 2.24) is 15.3 Å². The second-order valence-corrected chi connectivity index (χ2v) is 3.88. The summed E-state index contributed by atoms with van der Waals surface area (Å²) in [5.41, 5.74) is -0.300. The van der Waals surface area contributed by atoms with E-state index in [1.165, 1.54) is 12.1 Å². The van der Waals surface area contributed by atoms with Crippen LogP contribution in [0.4, 0.5) is 10.6 Å². The predicted molar refractivity (Wildman–Crippen MR) is 65.6 cm³/mol. The quantitative estimate of drug-likeness (QED) is 0.663. The zero-order chi connectivity index (χ0) is 13.0. The van der Waals surface area contributed by atoms with Crippen LogP contribution in [0.1, 0.15) is 11.7 Å². The SMILES string of the molecule is C=CCOC(=O)Nc1cc(=O)[nH]c(C2CNC2)n1. The van der Waals surface area contributed by atoms with Gasteiger partial charge in [0.2, 0.25) is 0 Å². The minimum absolute atomic E-state index is 0.106. The lowest BCUT2D eigenvalue weighted by Gasteiger charge is -2.25. The molecule has 1 aliphatic heterocycles. The standard InChI is InChI=1S/C11H14N4O3/c1-2-3-18-11(17)14-8-4-9(16)15-10(13-8)7-5-12-6-7/h2,4,7,12H,1,3,5-6H2,(H2,13,14,15,16,17). The molecule has 2 rings (SSSR count). The third kappa shape index (κ3) is 2.95. The van der Waals surface area contributed by atoms with Crippen LogP contribution in [0, 0.1) is 0 Å². The first-order valence-corrected chi connectivity index (χ1v) is 5.55. The Bertz CT molecular complexity index is 507. The monoisotopic (exact) mass is 250 g/mol. The fourth-order valence-electron chi connectivity index (χ4n) is 1.49. The highest BCUT2D eigenvalue weighted by atomic mass is 16.5. The number of carbonyl (C=O) groups is 1. The van der Waals surface area contributed by atoms with E-state index >= 15 is 0 Å². The van der Waals surface area contributed by atoms with Crippen molar-refractivity contribution in [2.24, 2.45) is 0 Å². The van der Waals surface area contributed by atoms with Crippen LogP contribution >= 0.6 is 0 Å². The number of nitrogens with one attached hydrogen (secondary N) is 3. The van der Waals surface area contributed by atoms with Gasteiger partial charge in [0.15, 0.2) is 0 Å². The number of nitrogens with zero attached hydrogens (tertiary/aromatic N) is 1. The number of aromatic amines is 1. The van der Waals surface area contributed by atoms with E-state index in [0.717, 1.165) is 13.1 Å². The largest absolute Gasteiger partial charge is 0.445 e. The van der Waals surface area contributed by atoms with E-state index in [2.05, 4.69) is 27.2 Å². The van der Waals surface area contributed by atoms with Crippen LogP contribution in [-0.2, 0) is 4.74 Å². The summed E-state index contributed by atoms with van der Waals surface area (Å²) >= 11 is 0. The summed E-state index contributed by atoms with van der Waals surface area (Å²) in [7, 11) is 0. The van der Waals surface area contributed by atoms with E-state index in [9.17, 15) is 9.59 Å². The van der Waals surface area contributed by atoms with Crippen molar-refractivity contribution in [3.8, 4) is 0 Å². The lowest BCUT2D eigenvalue weighted by molar-refractivity contribution is 0.174. The molecule has 1 amide bonds. The Kier molecular flexibility index (Phi) is 3.73. The fourth-order valence-corrected chi connectivity index (χ4v) is 1.49. The third-order valence-electron chi connectivity index (χ3n) is 2.49. The number of ether oxygens (including phenoxy) is 1. The first-order chi connectivity index (χ1) is 8.69. The van der Waals surface area contributed by atoms with Gasteiger partial charge in [0.25, 0.3) is 5.56 Å². The number of aromatic nitrogens is 2. The molecule has 1 aromatic heterocycles. The summed E-state index contributed by atoms with van der Waals surface area (Å²) < 4.78 is 4.74. The van der Waals surface area contributed by atoms with E-state index in [1.807, 2.05) is 0 Å². The normalized spacial score (nSPS) is 14.7. The van der Waals surface area contributed by atoms with E-state index < -0.39 is 6.09 Å². The highest BCUT2D eigenvalue weighted by molar-refractivity contribution is 5.83. The topological polar surface area (TPSA) is 96.1 Å². The second kappa shape index (κ2) is 5.46. The van der Waals surface area contributed by atoms with E-state index in [-0.39, 0.29) is 23.9 Å². The van der Waals surface area contributed by atoms with Gasteiger partial charge >= 0.3 is 6.09 Å². The van der Waals surface area contributed by atoms with E-state index in [0.29, 0.717) is 5.82 Å². The first kappa shape index (κ1) is 12.3. The van der Waals surface area contributed by atoms with Crippen molar-refractivity contribution in [2.75, 3.05) is 25.0 Å². The summed E-state index contributed by atoms with van der Waals surface area (Å²) in [4.78, 5) is 29.5. The maximum absolute atomic E-state index is 11.4. The van der Waals surface area contributed by atoms with Gasteiger partial charge in [0, 0.05) is 25.1 Å². The van der Waals surface area contributed by atoms with Gasteiger partial charge in [0.05, 0.1) is 0 Å². The lowest BCUT2D eigenvalue weighted by atomic mass is 10.0. The lowest BCUT2D eigenvalue weighted by Crippen LogP contribution is -2.41. The third-order valence-corrected chi connectivity index (χ3v) is 2.49. The summed E-state index contributed by atoms with van der Waals surface area (Å²) in [5, 5.41) is 5.48. The molecular weight excluding hydrogens is 236 g/mol. The average molecular weight is 250 g/mol. The molecule has 96 valence electrons. The molecule has 3 N–H and O–H groups in total. The number of amides is 1. The molecule has 1 fully saturated rings. The zero-order valence-electron chi connectivity index (χ0n) is 9.73. The van der Waals surface area contributed by atoms with E-state index in [1.54, 1.807) is 0 Å². The van der Waals surface area contributed by atoms with Crippen LogP contribution in [0.2, 0.25) is 0 Å². The molecule has 0 bridgehead atoms. The molecule has 0 unspecified atom stereocenters. The molecule has 0 aromatic carbocycles. The number of H-pyrrole nitrogens is 1. The van der Waals surface area contributed by atoms with Gasteiger partial charge in [-0.05, 0) is 0 Å². The molecule has 7 heteroatoms. The highest BCUT2D eigenvalue weighted by Crippen LogP contribution is 2.15. The van der Waals surface area contributed by atoms with Crippen molar-refractivity contribution in [2.45, 2.75) is 5.92 Å². The summed E-state index contributed by atoms with van der Waals surface area (Å²) in [6.45, 7) is 5.08. The van der Waals surface area contributed by atoms with Crippen LogP contribution in [0.25, 0.3) is 0 Å². The zero-order valence-corrected chi connectivity index (χ0v) is 9.73. The Morgan fingerprint density at radius 1 is 1.67 bits per heavy atom. The number of hydrogen-bond donors (Lipinski definition) is 3. The van der Waals surface area contributed by atoms with Crippen molar-refractivity contribution in [3.63, 3.8) is 0 Å². The smallest absolute Gasteiger partial charge is 0.413 e. The number of rotatable bonds is 4. The molecule has 1 saturated heterocycles. The summed E-state index contributed by atoms with van der Waals surface area (Å²) in [6, 6.07) is 1.21. The van der Waals surface area contributed by atoms with Gasteiger partial charge in [-0.25, -0.2) is 9.78 Å². The molecule has 1 aromatic rings. The Balaban J connectivity index is 2.07. The Labute approximate surface area is 103 Å². The highest BCUT2D eigenvalue weighted by Gasteiger charge is 2.22. The van der Waals surface area contributed by atoms with Gasteiger partial charge in [0.1, 0.15) is 18.2 Å². The minimum atomic E-state index is -0.661. The van der Waals surface area contributed by atoms with E-state index in [4.69, 9.17) is 4.74 Å². The number of anilines is 1. The maximum Gasteiger partial charge on any atom is 0.413 e. The van der Waals surface area contributed by atoms with Crippen LogP contribution in [0.5, 0.6) is 0 Å². The number of carbonyl (C=O) groups excluding carboxylic acids is 1. The minimum Gasteiger partial charge on any atom is -0.445 e. The number of hydrogen-bond acceptors (Lipinski definition) is 5. The molecule has 0 aliphatic carbocycles. The van der Waals surface area contributed by atoms with Gasteiger partial charge in [-0.15, -0.1) is 0 Å². The Hall–Kier alpha value is -2.15. The van der Waals surface area contributed by atoms with Gasteiger partial charge in [-0.2, -0.15) is 0 Å². The van der Waals surface area contributed by atoms with Crippen LogP contribution < -0.4 is 16.2 Å². The Morgan fingerprint density at radius 3 is 3.06 bits per heavy atom. The van der Waals surface area contributed by atoms with Gasteiger partial charge in [-0.1, -0.05) is 12.7 Å². The fraction of sp³-hybridized carbons (Fsp3) is 0.364. The van der Waals surface area contributed by atoms with Crippen LogP contribution in [-0.4, -0.2) is 35.8 Å². The molecule has 18 heavy (non-hydrogen) atoms. The molecule has 0 atom stereocenters. The first-order valence-electron chi connectivity index (χ1n) is 5.55. The molecule has 7 nitrogen and oxygen atoms in total. The van der Waals surface area contributed by atoms with Crippen molar-refractivity contribution in [1.29, 1.82) is 0 Å². The summed E-state index contributed by atoms with van der Waals surface area (Å²) in [5.74, 6) is 0.943. The van der Waals surface area contributed by atoms with Crippen molar-refractivity contribution < 1.29 is 9.53 Å².